The first-order chi connectivity index (χ1) is 16.3. The molecule has 0 unspecified atom stereocenters. The quantitative estimate of drug-likeness (QED) is 0.497. The third kappa shape index (κ3) is 5.69. The van der Waals surface area contributed by atoms with Gasteiger partial charge in [0.05, 0.1) is 29.9 Å². The van der Waals surface area contributed by atoms with Gasteiger partial charge < -0.3 is 10.2 Å². The predicted molar refractivity (Wildman–Crippen MR) is 110 cm³/mol. The molecule has 2 aliphatic heterocycles. The number of carbonyl (C=O) groups excluding carboxylic acids is 1. The molecule has 2 aliphatic rings. The van der Waals surface area contributed by atoms with Crippen LogP contribution in [-0.2, 0) is 17.1 Å². The summed E-state index contributed by atoms with van der Waals surface area (Å²) in [6.45, 7) is 0.242. The molecule has 1 fully saturated rings. The van der Waals surface area contributed by atoms with Crippen molar-refractivity contribution in [2.45, 2.75) is 24.4 Å². The number of halogens is 7. The molecule has 186 valence electrons. The van der Waals surface area contributed by atoms with E-state index in [1.165, 1.54) is 4.90 Å². The number of aliphatic imine (C=N–C) groups is 1. The summed E-state index contributed by atoms with van der Waals surface area (Å²) in [6, 6.07) is 1.02. The number of hydrogen-bond acceptors (Lipinski definition) is 5. The fourth-order valence-electron chi connectivity index (χ4n) is 3.56. The lowest BCUT2D eigenvalue weighted by molar-refractivity contribution is -0.143. The fourth-order valence-corrected chi connectivity index (χ4v) is 3.56. The lowest BCUT2D eigenvalue weighted by Gasteiger charge is -2.44. The Bertz CT molecular complexity index is 1170. The second kappa shape index (κ2) is 8.82. The summed E-state index contributed by atoms with van der Waals surface area (Å²) in [5, 5.41) is 6.73. The minimum atomic E-state index is -5.01. The van der Waals surface area contributed by atoms with E-state index in [1.54, 1.807) is 12.4 Å². The number of nitrogens with one attached hydrogen (secondary N) is 1. The molecule has 3 heterocycles. The van der Waals surface area contributed by atoms with Gasteiger partial charge in [-0.05, 0) is 18.2 Å². The molecule has 0 radical (unpaired) electrons. The number of carbonyl (C=O) groups is 1. The van der Waals surface area contributed by atoms with E-state index in [9.17, 15) is 35.5 Å². The summed E-state index contributed by atoms with van der Waals surface area (Å²) >= 11 is 0. The van der Waals surface area contributed by atoms with Crippen molar-refractivity contribution in [2.24, 2.45) is 4.99 Å². The highest BCUT2D eigenvalue weighted by atomic mass is 19.4. The van der Waals surface area contributed by atoms with Crippen LogP contribution in [0.25, 0.3) is 17.6 Å². The number of benzene rings is 1. The summed E-state index contributed by atoms with van der Waals surface area (Å²) in [7, 11) is 0. The summed E-state index contributed by atoms with van der Waals surface area (Å²) in [6.07, 6.45) is -3.59. The van der Waals surface area contributed by atoms with Gasteiger partial charge in [-0.1, -0.05) is 0 Å². The van der Waals surface area contributed by atoms with Crippen molar-refractivity contribution in [1.82, 2.24) is 25.0 Å². The summed E-state index contributed by atoms with van der Waals surface area (Å²) < 4.78 is 94.1. The first kappa shape index (κ1) is 24.4. The van der Waals surface area contributed by atoms with Gasteiger partial charge in [0.1, 0.15) is 6.33 Å². The molecule has 35 heavy (non-hydrogen) atoms. The SMILES string of the molecule is O=C(/C=C\n1cnc(-c2cc(C(F)(F)F)cc(C(F)(F)F)c2)n1)N1CC(F)(CC2=CNCC=N2)C1. The Morgan fingerprint density at radius 2 is 1.74 bits per heavy atom. The number of likely N-dealkylation sites (tertiary alicyclic amines) is 1. The van der Waals surface area contributed by atoms with Crippen molar-refractivity contribution in [1.29, 1.82) is 0 Å². The van der Waals surface area contributed by atoms with Gasteiger partial charge in [-0.15, -0.1) is 5.10 Å². The second-order valence-corrected chi connectivity index (χ2v) is 8.04. The van der Waals surface area contributed by atoms with E-state index >= 15 is 0 Å². The van der Waals surface area contributed by atoms with Crippen molar-refractivity contribution in [3.05, 3.63) is 53.6 Å². The van der Waals surface area contributed by atoms with Crippen molar-refractivity contribution in [3.8, 4) is 11.4 Å². The Labute approximate surface area is 193 Å². The fraction of sp³-hybridized carbons (Fsp3) is 0.333. The topological polar surface area (TPSA) is 75.4 Å². The molecule has 7 nitrogen and oxygen atoms in total. The molecular formula is C21H17F7N6O. The zero-order chi connectivity index (χ0) is 25.4. The van der Waals surface area contributed by atoms with Crippen molar-refractivity contribution in [3.63, 3.8) is 0 Å². The molecule has 1 amide bonds. The standard InChI is InChI=1S/C21H17F7N6O/c22-19(8-16-9-29-2-3-30-16)10-33(11-19)17(35)1-4-34-12-31-18(32-34)13-5-14(20(23,24)25)7-15(6-13)21(26,27)28/h1,3-7,9,12,29H,2,8,10-11H2/b4-1-. The van der Waals surface area contributed by atoms with E-state index in [0.717, 1.165) is 23.3 Å². The van der Waals surface area contributed by atoms with E-state index in [0.29, 0.717) is 24.4 Å². The molecular weight excluding hydrogens is 485 g/mol. The van der Waals surface area contributed by atoms with Crippen LogP contribution in [0.1, 0.15) is 17.5 Å². The maximum absolute atomic E-state index is 14.7. The van der Waals surface area contributed by atoms with E-state index in [2.05, 4.69) is 20.4 Å². The van der Waals surface area contributed by atoms with Gasteiger partial charge >= 0.3 is 12.4 Å². The highest BCUT2D eigenvalue weighted by molar-refractivity contribution is 5.91. The molecule has 0 saturated carbocycles. The highest BCUT2D eigenvalue weighted by Crippen LogP contribution is 2.38. The van der Waals surface area contributed by atoms with Gasteiger partial charge in [0.25, 0.3) is 0 Å². The number of aromatic nitrogens is 3. The molecule has 2 aromatic rings. The molecule has 0 spiro atoms. The van der Waals surface area contributed by atoms with Gasteiger partial charge in [-0.2, -0.15) is 26.3 Å². The monoisotopic (exact) mass is 502 g/mol. The zero-order valence-electron chi connectivity index (χ0n) is 17.7. The van der Waals surface area contributed by atoms with Gasteiger partial charge in [-0.25, -0.2) is 14.1 Å². The average Bonchev–Trinajstić information content (AvgIpc) is 3.24. The maximum atomic E-state index is 14.7. The van der Waals surface area contributed by atoms with Crippen LogP contribution < -0.4 is 5.32 Å². The van der Waals surface area contributed by atoms with Crippen LogP contribution in [0.4, 0.5) is 30.7 Å². The molecule has 1 saturated heterocycles. The van der Waals surface area contributed by atoms with Gasteiger partial charge in [0.15, 0.2) is 11.5 Å². The second-order valence-electron chi connectivity index (χ2n) is 8.04. The minimum Gasteiger partial charge on any atom is -0.384 e. The maximum Gasteiger partial charge on any atom is 0.416 e. The molecule has 4 rings (SSSR count). The molecule has 0 bridgehead atoms. The number of alkyl halides is 7. The predicted octanol–water partition coefficient (Wildman–Crippen LogP) is 3.91. The van der Waals surface area contributed by atoms with Crippen LogP contribution in [0.3, 0.4) is 0 Å². The summed E-state index contributed by atoms with van der Waals surface area (Å²) in [4.78, 5) is 21.3. The van der Waals surface area contributed by atoms with Gasteiger partial charge in [0.2, 0.25) is 5.91 Å². The van der Waals surface area contributed by atoms with Gasteiger partial charge in [-0.3, -0.25) is 9.79 Å². The lowest BCUT2D eigenvalue weighted by Crippen LogP contribution is -2.60. The summed E-state index contributed by atoms with van der Waals surface area (Å²) in [5.41, 5.74) is -4.58. The van der Waals surface area contributed by atoms with Crippen LogP contribution in [-0.4, -0.2) is 57.1 Å². The normalized spacial score (nSPS) is 17.8. The van der Waals surface area contributed by atoms with Crippen molar-refractivity contribution >= 4 is 18.3 Å². The van der Waals surface area contributed by atoms with Crippen LogP contribution in [0, 0.1) is 0 Å². The Balaban J connectivity index is 1.43. The largest absolute Gasteiger partial charge is 0.416 e. The molecule has 1 aromatic carbocycles. The smallest absolute Gasteiger partial charge is 0.384 e. The third-order valence-electron chi connectivity index (χ3n) is 5.22. The molecule has 0 aliphatic carbocycles. The minimum absolute atomic E-state index is 0.00466. The Morgan fingerprint density at radius 1 is 1.09 bits per heavy atom. The van der Waals surface area contributed by atoms with Crippen molar-refractivity contribution in [2.75, 3.05) is 19.6 Å². The number of allylic oxidation sites excluding steroid dienone is 1. The Hall–Kier alpha value is -3.71. The van der Waals surface area contributed by atoms with Crippen LogP contribution >= 0.6 is 0 Å². The number of rotatable bonds is 5. The summed E-state index contributed by atoms with van der Waals surface area (Å²) in [5.74, 6) is -0.951. The molecule has 1 N–H and O–H groups in total. The van der Waals surface area contributed by atoms with Crippen molar-refractivity contribution < 1.29 is 35.5 Å². The van der Waals surface area contributed by atoms with Crippen LogP contribution in [0.15, 0.2) is 47.5 Å². The van der Waals surface area contributed by atoms with Gasteiger partial charge in [0, 0.05) is 43.2 Å². The number of nitrogens with zero attached hydrogens (tertiary/aromatic N) is 5. The van der Waals surface area contributed by atoms with E-state index in [-0.39, 0.29) is 25.6 Å². The van der Waals surface area contributed by atoms with Crippen LogP contribution in [0.5, 0.6) is 0 Å². The molecule has 1 aromatic heterocycles. The Morgan fingerprint density at radius 3 is 2.31 bits per heavy atom. The number of amides is 1. The number of hydrogen-bond donors (Lipinski definition) is 1. The molecule has 0 atom stereocenters. The lowest BCUT2D eigenvalue weighted by atomic mass is 9.91. The van der Waals surface area contributed by atoms with E-state index in [1.807, 2.05) is 0 Å². The first-order valence-electron chi connectivity index (χ1n) is 10.1. The first-order valence-corrected chi connectivity index (χ1v) is 10.1. The zero-order valence-corrected chi connectivity index (χ0v) is 17.7. The third-order valence-corrected chi connectivity index (χ3v) is 5.22. The van der Waals surface area contributed by atoms with E-state index < -0.39 is 46.4 Å². The Kier molecular flexibility index (Phi) is 6.15. The molecule has 14 heteroatoms. The average molecular weight is 502 g/mol. The van der Waals surface area contributed by atoms with E-state index in [4.69, 9.17) is 0 Å². The van der Waals surface area contributed by atoms with Crippen LogP contribution in [0.2, 0.25) is 0 Å². The highest BCUT2D eigenvalue weighted by Gasteiger charge is 2.45.